The molecule has 0 unspecified atom stereocenters. The topological polar surface area (TPSA) is 55.1 Å². The monoisotopic (exact) mass is 586 g/mol. The average molecular weight is 588 g/mol. The van der Waals surface area contributed by atoms with E-state index in [1.807, 2.05) is 12.1 Å². The van der Waals surface area contributed by atoms with Crippen LogP contribution in [-0.4, -0.2) is 10.9 Å². The van der Waals surface area contributed by atoms with Gasteiger partial charge in [0, 0.05) is 19.3 Å². The van der Waals surface area contributed by atoms with Gasteiger partial charge in [-0.1, -0.05) is 39.1 Å². The van der Waals surface area contributed by atoms with Crippen molar-refractivity contribution in [2.45, 2.75) is 0 Å². The molecule has 1 amide bonds. The SMILES string of the molecule is O=C(Nc1ccc2oc(-c3ccc(Cl)c(Cl)c3)nc2c1)c1cc(Br)ccc1I. The van der Waals surface area contributed by atoms with E-state index in [1.165, 1.54) is 0 Å². The number of anilines is 1. The van der Waals surface area contributed by atoms with E-state index in [9.17, 15) is 4.79 Å². The van der Waals surface area contributed by atoms with Crippen LogP contribution in [-0.2, 0) is 0 Å². The molecule has 0 saturated carbocycles. The van der Waals surface area contributed by atoms with Crippen LogP contribution in [0.25, 0.3) is 22.6 Å². The standard InChI is InChI=1S/C20H10BrCl2IN2O2/c21-11-2-5-16(24)13(8-11)19(27)25-12-3-6-18-17(9-12)26-20(28-18)10-1-4-14(22)15(23)7-10/h1-9H,(H,25,27). The fourth-order valence-electron chi connectivity index (χ4n) is 2.63. The Morgan fingerprint density at radius 2 is 1.86 bits per heavy atom. The highest BCUT2D eigenvalue weighted by Crippen LogP contribution is 2.31. The molecule has 1 N–H and O–H groups in total. The molecule has 0 aliphatic rings. The zero-order valence-electron chi connectivity index (χ0n) is 14.0. The number of rotatable bonds is 3. The second kappa shape index (κ2) is 8.02. The molecule has 0 radical (unpaired) electrons. The van der Waals surface area contributed by atoms with E-state index in [-0.39, 0.29) is 5.91 Å². The molecular weight excluding hydrogens is 578 g/mol. The summed E-state index contributed by atoms with van der Waals surface area (Å²) in [5.74, 6) is 0.233. The van der Waals surface area contributed by atoms with E-state index in [0.29, 0.717) is 38.3 Å². The smallest absolute Gasteiger partial charge is 0.256 e. The minimum atomic E-state index is -0.196. The summed E-state index contributed by atoms with van der Waals surface area (Å²) >= 11 is 17.6. The molecule has 0 saturated heterocycles. The molecule has 28 heavy (non-hydrogen) atoms. The fourth-order valence-corrected chi connectivity index (χ4v) is 3.87. The minimum absolute atomic E-state index is 0.196. The first-order chi connectivity index (χ1) is 13.4. The van der Waals surface area contributed by atoms with Gasteiger partial charge in [0.1, 0.15) is 5.52 Å². The van der Waals surface area contributed by atoms with Gasteiger partial charge in [-0.05, 0) is 77.2 Å². The third-order valence-corrected chi connectivity index (χ3v) is 6.16. The molecule has 0 atom stereocenters. The van der Waals surface area contributed by atoms with Crippen LogP contribution in [0.2, 0.25) is 10.0 Å². The molecule has 0 fully saturated rings. The molecule has 3 aromatic carbocycles. The van der Waals surface area contributed by atoms with Gasteiger partial charge in [-0.3, -0.25) is 4.79 Å². The van der Waals surface area contributed by atoms with Crippen LogP contribution in [0.1, 0.15) is 10.4 Å². The quantitative estimate of drug-likeness (QED) is 0.254. The van der Waals surface area contributed by atoms with Gasteiger partial charge in [0.2, 0.25) is 5.89 Å². The van der Waals surface area contributed by atoms with Crippen molar-refractivity contribution in [2.75, 3.05) is 5.32 Å². The maximum absolute atomic E-state index is 12.6. The largest absolute Gasteiger partial charge is 0.436 e. The van der Waals surface area contributed by atoms with Crippen molar-refractivity contribution in [1.29, 1.82) is 0 Å². The van der Waals surface area contributed by atoms with Crippen LogP contribution < -0.4 is 5.32 Å². The Labute approximate surface area is 192 Å². The van der Waals surface area contributed by atoms with E-state index in [4.69, 9.17) is 27.6 Å². The van der Waals surface area contributed by atoms with Crippen molar-refractivity contribution in [2.24, 2.45) is 0 Å². The number of hydrogen-bond acceptors (Lipinski definition) is 3. The molecule has 4 nitrogen and oxygen atoms in total. The van der Waals surface area contributed by atoms with Crippen LogP contribution in [0, 0.1) is 3.57 Å². The number of amides is 1. The molecule has 0 bridgehead atoms. The maximum Gasteiger partial charge on any atom is 0.256 e. The summed E-state index contributed by atoms with van der Waals surface area (Å²) in [6.07, 6.45) is 0. The Morgan fingerprint density at radius 3 is 2.64 bits per heavy atom. The highest BCUT2D eigenvalue weighted by Gasteiger charge is 2.14. The second-order valence-corrected chi connectivity index (χ2v) is 8.80. The van der Waals surface area contributed by atoms with Gasteiger partial charge < -0.3 is 9.73 Å². The van der Waals surface area contributed by atoms with Gasteiger partial charge in [0.05, 0.1) is 15.6 Å². The normalized spacial score (nSPS) is 11.0. The summed E-state index contributed by atoms with van der Waals surface area (Å²) in [7, 11) is 0. The lowest BCUT2D eigenvalue weighted by molar-refractivity contribution is 0.102. The molecule has 1 aromatic heterocycles. The summed E-state index contributed by atoms with van der Waals surface area (Å²) < 4.78 is 7.50. The first-order valence-electron chi connectivity index (χ1n) is 8.03. The summed E-state index contributed by atoms with van der Waals surface area (Å²) in [4.78, 5) is 17.1. The number of nitrogens with one attached hydrogen (secondary N) is 1. The van der Waals surface area contributed by atoms with E-state index >= 15 is 0 Å². The minimum Gasteiger partial charge on any atom is -0.436 e. The zero-order chi connectivity index (χ0) is 19.8. The summed E-state index contributed by atoms with van der Waals surface area (Å²) in [6, 6.07) is 16.0. The molecule has 4 aromatic rings. The van der Waals surface area contributed by atoms with Crippen molar-refractivity contribution < 1.29 is 9.21 Å². The van der Waals surface area contributed by atoms with Gasteiger partial charge in [-0.15, -0.1) is 0 Å². The van der Waals surface area contributed by atoms with Crippen molar-refractivity contribution in [3.8, 4) is 11.5 Å². The summed E-state index contributed by atoms with van der Waals surface area (Å²) in [5, 5.41) is 3.79. The van der Waals surface area contributed by atoms with E-state index in [0.717, 1.165) is 13.6 Å². The lowest BCUT2D eigenvalue weighted by Gasteiger charge is -2.07. The Morgan fingerprint density at radius 1 is 1.04 bits per heavy atom. The van der Waals surface area contributed by atoms with Crippen LogP contribution in [0.3, 0.4) is 0 Å². The average Bonchev–Trinajstić information content (AvgIpc) is 3.09. The fraction of sp³-hybridized carbons (Fsp3) is 0. The van der Waals surface area contributed by atoms with Gasteiger partial charge in [0.15, 0.2) is 5.58 Å². The van der Waals surface area contributed by atoms with Crippen LogP contribution in [0.4, 0.5) is 5.69 Å². The summed E-state index contributed by atoms with van der Waals surface area (Å²) in [5.41, 5.74) is 3.17. The number of benzene rings is 3. The zero-order valence-corrected chi connectivity index (χ0v) is 19.2. The van der Waals surface area contributed by atoms with Gasteiger partial charge in [0.25, 0.3) is 5.91 Å². The predicted octanol–water partition coefficient (Wildman–Crippen LogP) is 7.42. The number of hydrogen-bond donors (Lipinski definition) is 1. The Bertz CT molecular complexity index is 1230. The highest BCUT2D eigenvalue weighted by atomic mass is 127. The van der Waals surface area contributed by atoms with Crippen molar-refractivity contribution in [3.05, 3.63) is 78.2 Å². The van der Waals surface area contributed by atoms with Crippen LogP contribution >= 0.6 is 61.7 Å². The number of fused-ring (bicyclic) bond motifs is 1. The van der Waals surface area contributed by atoms with Crippen LogP contribution in [0.5, 0.6) is 0 Å². The molecule has 0 aliphatic carbocycles. The number of carbonyl (C=O) groups excluding carboxylic acids is 1. The first kappa shape index (κ1) is 19.7. The Kier molecular flexibility index (Phi) is 5.64. The lowest BCUT2D eigenvalue weighted by atomic mass is 10.2. The summed E-state index contributed by atoms with van der Waals surface area (Å²) in [6.45, 7) is 0. The third-order valence-electron chi connectivity index (χ3n) is 3.99. The number of aromatic nitrogens is 1. The van der Waals surface area contributed by atoms with Gasteiger partial charge >= 0.3 is 0 Å². The lowest BCUT2D eigenvalue weighted by Crippen LogP contribution is -2.13. The van der Waals surface area contributed by atoms with E-state index in [1.54, 1.807) is 42.5 Å². The molecule has 4 rings (SSSR count). The Balaban J connectivity index is 1.63. The van der Waals surface area contributed by atoms with Gasteiger partial charge in [-0.25, -0.2) is 4.98 Å². The molecule has 8 heteroatoms. The number of nitrogens with zero attached hydrogens (tertiary/aromatic N) is 1. The van der Waals surface area contributed by atoms with Crippen molar-refractivity contribution in [1.82, 2.24) is 4.98 Å². The van der Waals surface area contributed by atoms with E-state index < -0.39 is 0 Å². The van der Waals surface area contributed by atoms with Crippen molar-refractivity contribution >= 4 is 84.4 Å². The van der Waals surface area contributed by atoms with Gasteiger partial charge in [-0.2, -0.15) is 0 Å². The molecular formula is C20H10BrCl2IN2O2. The first-order valence-corrected chi connectivity index (χ1v) is 10.7. The predicted molar refractivity (Wildman–Crippen MR) is 124 cm³/mol. The highest BCUT2D eigenvalue weighted by molar-refractivity contribution is 14.1. The maximum atomic E-state index is 12.6. The molecule has 1 heterocycles. The third kappa shape index (κ3) is 4.05. The van der Waals surface area contributed by atoms with Crippen molar-refractivity contribution in [3.63, 3.8) is 0 Å². The molecule has 140 valence electrons. The molecule has 0 aliphatic heterocycles. The van der Waals surface area contributed by atoms with Crippen LogP contribution in [0.15, 0.2) is 63.5 Å². The second-order valence-electron chi connectivity index (χ2n) is 5.91. The Hall–Kier alpha value is -1.61. The number of halogens is 4. The molecule has 0 spiro atoms. The number of carbonyl (C=O) groups is 1. The van der Waals surface area contributed by atoms with E-state index in [2.05, 4.69) is 48.8 Å². The number of oxazole rings is 1.